The third kappa shape index (κ3) is 1.22. The maximum absolute atomic E-state index is 10.9. The second-order valence-corrected chi connectivity index (χ2v) is 2.56. The van der Waals surface area contributed by atoms with Gasteiger partial charge in [-0.25, -0.2) is 9.78 Å². The summed E-state index contributed by atoms with van der Waals surface area (Å²) in [7, 11) is 0. The van der Waals surface area contributed by atoms with Crippen molar-refractivity contribution >= 4 is 11.2 Å². The van der Waals surface area contributed by atoms with Gasteiger partial charge in [0.1, 0.15) is 6.54 Å². The highest BCUT2D eigenvalue weighted by molar-refractivity contribution is 5.73. The lowest BCUT2D eigenvalue weighted by molar-refractivity contribution is 1.06. The summed E-state index contributed by atoms with van der Waals surface area (Å²) in [6.07, 6.45) is 1.52. The van der Waals surface area contributed by atoms with Crippen molar-refractivity contribution in [1.29, 1.82) is 0 Å². The summed E-state index contributed by atoms with van der Waals surface area (Å²) in [6.45, 7) is 0.0345. The van der Waals surface area contributed by atoms with Crippen LogP contribution in [0.15, 0.2) is 22.2 Å². The largest absolute Gasteiger partial charge is 0.325 e. The molecule has 2 heterocycles. The van der Waals surface area contributed by atoms with E-state index in [4.69, 9.17) is 0 Å². The summed E-state index contributed by atoms with van der Waals surface area (Å²) in [5.41, 5.74) is 1.33. The second kappa shape index (κ2) is 2.81. The molecule has 0 aromatic carbocycles. The van der Waals surface area contributed by atoms with Crippen molar-refractivity contribution in [2.45, 2.75) is 6.54 Å². The second-order valence-electron chi connectivity index (χ2n) is 2.56. The molecule has 0 aliphatic carbocycles. The lowest BCUT2D eigenvalue weighted by Crippen LogP contribution is -1.99. The van der Waals surface area contributed by atoms with E-state index in [2.05, 4.69) is 20.1 Å². The van der Waals surface area contributed by atoms with E-state index in [0.29, 0.717) is 16.7 Å². The van der Waals surface area contributed by atoms with E-state index in [0.717, 1.165) is 0 Å². The third-order valence-electron chi connectivity index (χ3n) is 1.74. The first kappa shape index (κ1) is 7.66. The zero-order valence-corrected chi connectivity index (χ0v) is 6.57. The van der Waals surface area contributed by atoms with Crippen molar-refractivity contribution in [3.05, 3.63) is 33.2 Å². The fourth-order valence-electron chi connectivity index (χ4n) is 1.19. The van der Waals surface area contributed by atoms with Gasteiger partial charge in [0.05, 0.1) is 5.52 Å². The van der Waals surface area contributed by atoms with Crippen LogP contribution in [-0.2, 0) is 6.54 Å². The van der Waals surface area contributed by atoms with E-state index in [1.807, 2.05) is 0 Å². The molecular formula is C7H6N4O2. The SMILES string of the molecule is O=NCc1ccnc2[nH]c(=O)[nH]c12. The zero-order chi connectivity index (χ0) is 9.26. The molecule has 2 aromatic rings. The molecule has 0 aliphatic rings. The van der Waals surface area contributed by atoms with Crippen LogP contribution in [0.1, 0.15) is 5.56 Å². The van der Waals surface area contributed by atoms with Crippen LogP contribution in [-0.4, -0.2) is 15.0 Å². The molecule has 13 heavy (non-hydrogen) atoms. The van der Waals surface area contributed by atoms with Crippen molar-refractivity contribution in [2.24, 2.45) is 5.18 Å². The molecular weight excluding hydrogens is 172 g/mol. The normalized spacial score (nSPS) is 10.5. The monoisotopic (exact) mass is 178 g/mol. The van der Waals surface area contributed by atoms with E-state index in [-0.39, 0.29) is 12.2 Å². The fourth-order valence-corrected chi connectivity index (χ4v) is 1.19. The highest BCUT2D eigenvalue weighted by atomic mass is 16.3. The number of aromatic nitrogens is 3. The van der Waals surface area contributed by atoms with Gasteiger partial charge in [-0.05, 0) is 6.07 Å². The van der Waals surface area contributed by atoms with Crippen LogP contribution >= 0.6 is 0 Å². The van der Waals surface area contributed by atoms with E-state index in [1.54, 1.807) is 6.07 Å². The summed E-state index contributed by atoms with van der Waals surface area (Å²) in [4.78, 5) is 29.9. The fraction of sp³-hybridized carbons (Fsp3) is 0.143. The Kier molecular flexibility index (Phi) is 1.66. The first-order chi connectivity index (χ1) is 6.31. The Balaban J connectivity index is 2.74. The number of imidazole rings is 1. The van der Waals surface area contributed by atoms with Gasteiger partial charge in [0.2, 0.25) is 0 Å². The summed E-state index contributed by atoms with van der Waals surface area (Å²) < 4.78 is 0. The molecule has 0 radical (unpaired) electrons. The van der Waals surface area contributed by atoms with E-state index >= 15 is 0 Å². The molecule has 6 heteroatoms. The molecule has 0 amide bonds. The molecule has 0 saturated carbocycles. The smallest absolute Gasteiger partial charge is 0.304 e. The van der Waals surface area contributed by atoms with Crippen LogP contribution < -0.4 is 5.69 Å². The van der Waals surface area contributed by atoms with Crippen LogP contribution in [0.4, 0.5) is 0 Å². The van der Waals surface area contributed by atoms with Crippen LogP contribution in [0.3, 0.4) is 0 Å². The summed E-state index contributed by atoms with van der Waals surface area (Å²) in [5.74, 6) is 0. The van der Waals surface area contributed by atoms with Crippen LogP contribution in [0.25, 0.3) is 11.2 Å². The van der Waals surface area contributed by atoms with Crippen LogP contribution in [0, 0.1) is 4.91 Å². The lowest BCUT2D eigenvalue weighted by atomic mass is 10.2. The highest BCUT2D eigenvalue weighted by Gasteiger charge is 2.04. The predicted molar refractivity (Wildman–Crippen MR) is 46.2 cm³/mol. The number of hydrogen-bond acceptors (Lipinski definition) is 4. The number of aromatic amines is 2. The molecule has 2 aromatic heterocycles. The number of nitroso groups, excluding NO2 is 1. The maximum atomic E-state index is 10.9. The molecule has 0 atom stereocenters. The number of hydrogen-bond donors (Lipinski definition) is 2. The zero-order valence-electron chi connectivity index (χ0n) is 6.57. The minimum Gasteiger partial charge on any atom is -0.304 e. The first-order valence-corrected chi connectivity index (χ1v) is 3.66. The molecule has 0 aliphatic heterocycles. The molecule has 0 unspecified atom stereocenters. The van der Waals surface area contributed by atoms with Gasteiger partial charge in [-0.1, -0.05) is 5.18 Å². The number of fused-ring (bicyclic) bond motifs is 1. The quantitative estimate of drug-likeness (QED) is 0.656. The lowest BCUT2D eigenvalue weighted by Gasteiger charge is -1.93. The number of nitrogens with one attached hydrogen (secondary N) is 2. The van der Waals surface area contributed by atoms with Gasteiger partial charge in [-0.15, -0.1) is 0 Å². The summed E-state index contributed by atoms with van der Waals surface area (Å²) >= 11 is 0. The number of pyridine rings is 1. The predicted octanol–water partition coefficient (Wildman–Crippen LogP) is 0.518. The van der Waals surface area contributed by atoms with E-state index < -0.39 is 0 Å². The topological polar surface area (TPSA) is 91.0 Å². The Bertz CT molecular complexity index is 498. The van der Waals surface area contributed by atoms with Crippen molar-refractivity contribution in [3.8, 4) is 0 Å². The molecule has 66 valence electrons. The average molecular weight is 178 g/mol. The first-order valence-electron chi connectivity index (χ1n) is 3.66. The van der Waals surface area contributed by atoms with Crippen molar-refractivity contribution in [2.75, 3.05) is 0 Å². The summed E-state index contributed by atoms with van der Waals surface area (Å²) in [6, 6.07) is 1.65. The van der Waals surface area contributed by atoms with Gasteiger partial charge in [0.15, 0.2) is 5.65 Å². The minimum atomic E-state index is -0.333. The van der Waals surface area contributed by atoms with Crippen LogP contribution in [0.2, 0.25) is 0 Å². The molecule has 0 fully saturated rings. The Morgan fingerprint density at radius 3 is 3.08 bits per heavy atom. The van der Waals surface area contributed by atoms with Gasteiger partial charge in [0, 0.05) is 11.8 Å². The molecule has 0 bridgehead atoms. The standard InChI is InChI=1S/C7H6N4O2/c12-7-10-5-4(3-9-13)1-2-8-6(5)11-7/h1-2H,3H2,(H2,8,10,11,12). The van der Waals surface area contributed by atoms with Crippen molar-refractivity contribution in [1.82, 2.24) is 15.0 Å². The van der Waals surface area contributed by atoms with Gasteiger partial charge in [-0.2, -0.15) is 4.91 Å². The molecule has 0 spiro atoms. The third-order valence-corrected chi connectivity index (χ3v) is 1.74. The highest BCUT2D eigenvalue weighted by Crippen LogP contribution is 2.10. The molecule has 6 nitrogen and oxygen atoms in total. The average Bonchev–Trinajstić information content (AvgIpc) is 2.47. The van der Waals surface area contributed by atoms with Gasteiger partial charge < -0.3 is 4.98 Å². The molecule has 2 N–H and O–H groups in total. The van der Waals surface area contributed by atoms with Gasteiger partial charge >= 0.3 is 5.69 Å². The van der Waals surface area contributed by atoms with Crippen molar-refractivity contribution < 1.29 is 0 Å². The van der Waals surface area contributed by atoms with Gasteiger partial charge in [-0.3, -0.25) is 4.98 Å². The Morgan fingerprint density at radius 1 is 1.46 bits per heavy atom. The Morgan fingerprint density at radius 2 is 2.31 bits per heavy atom. The van der Waals surface area contributed by atoms with Crippen LogP contribution in [0.5, 0.6) is 0 Å². The Hall–Kier alpha value is -1.98. The summed E-state index contributed by atoms with van der Waals surface area (Å²) in [5, 5.41) is 2.75. The molecule has 2 rings (SSSR count). The minimum absolute atomic E-state index is 0.0345. The maximum Gasteiger partial charge on any atom is 0.325 e. The molecule has 0 saturated heterocycles. The van der Waals surface area contributed by atoms with E-state index in [9.17, 15) is 9.70 Å². The van der Waals surface area contributed by atoms with Crippen molar-refractivity contribution in [3.63, 3.8) is 0 Å². The number of rotatable bonds is 2. The number of H-pyrrole nitrogens is 2. The van der Waals surface area contributed by atoms with Gasteiger partial charge in [0.25, 0.3) is 0 Å². The van der Waals surface area contributed by atoms with E-state index in [1.165, 1.54) is 6.20 Å². The number of nitrogens with zero attached hydrogens (tertiary/aromatic N) is 2. The Labute approximate surface area is 72.0 Å².